The molecule has 2 rings (SSSR count). The summed E-state index contributed by atoms with van der Waals surface area (Å²) in [6.07, 6.45) is 2.89. The van der Waals surface area contributed by atoms with Crippen LogP contribution in [0, 0.1) is 0 Å². The molecule has 136 valence electrons. The normalized spacial score (nSPS) is 11.0. The van der Waals surface area contributed by atoms with E-state index in [1.54, 1.807) is 10.7 Å². The van der Waals surface area contributed by atoms with Crippen LogP contribution in [0.3, 0.4) is 0 Å². The molecule has 1 aromatic heterocycles. The Morgan fingerprint density at radius 2 is 2.12 bits per heavy atom. The quantitative estimate of drug-likeness (QED) is 0.474. The first kappa shape index (κ1) is 20.5. The van der Waals surface area contributed by atoms with Crippen molar-refractivity contribution in [2.45, 2.75) is 13.0 Å². The van der Waals surface area contributed by atoms with Crippen molar-refractivity contribution in [1.82, 2.24) is 20.0 Å². The Balaban J connectivity index is 1.92. The number of nitrogens with one attached hydrogen (secondary N) is 2. The summed E-state index contributed by atoms with van der Waals surface area (Å²) in [5.74, 6) is 0.662. The smallest absolute Gasteiger partial charge is 0.172 e. The number of thiocarbonyl (C=S) groups is 1. The molecule has 0 spiro atoms. The average Bonchev–Trinajstić information content (AvgIpc) is 2.86. The summed E-state index contributed by atoms with van der Waals surface area (Å²) in [5, 5.41) is 12.6. The Hall–Kier alpha value is -0.860. The highest BCUT2D eigenvalue weighted by molar-refractivity contribution is 9.10. The van der Waals surface area contributed by atoms with Gasteiger partial charge in [0, 0.05) is 22.8 Å². The molecule has 0 atom stereocenters. The zero-order valence-corrected chi connectivity index (χ0v) is 17.9. The monoisotopic (exact) mass is 463 g/mol. The number of hydrogen-bond acceptors (Lipinski definition) is 3. The fourth-order valence-corrected chi connectivity index (χ4v) is 3.22. The number of benzene rings is 1. The van der Waals surface area contributed by atoms with Crippen LogP contribution in [0.5, 0.6) is 0 Å². The average molecular weight is 465 g/mol. The highest BCUT2D eigenvalue weighted by Gasteiger charge is 2.10. The molecule has 0 fully saturated rings. The molecule has 9 heteroatoms. The van der Waals surface area contributed by atoms with Crippen LogP contribution in [0.2, 0.25) is 10.0 Å². The first-order chi connectivity index (χ1) is 11.8. The van der Waals surface area contributed by atoms with Gasteiger partial charge in [-0.3, -0.25) is 4.68 Å². The van der Waals surface area contributed by atoms with Gasteiger partial charge in [-0.15, -0.1) is 0 Å². The highest BCUT2D eigenvalue weighted by atomic mass is 79.9. The van der Waals surface area contributed by atoms with E-state index in [9.17, 15) is 0 Å². The molecule has 0 saturated carbocycles. The zero-order chi connectivity index (χ0) is 18.4. The van der Waals surface area contributed by atoms with Crippen LogP contribution in [0.4, 0.5) is 5.82 Å². The van der Waals surface area contributed by atoms with E-state index in [2.05, 4.69) is 36.6 Å². The minimum absolute atomic E-state index is 0.541. The van der Waals surface area contributed by atoms with Crippen molar-refractivity contribution >= 4 is 62.3 Å². The molecule has 1 heterocycles. The summed E-state index contributed by atoms with van der Waals surface area (Å²) in [4.78, 5) is 2.14. The van der Waals surface area contributed by atoms with Gasteiger partial charge in [0.1, 0.15) is 0 Å². The summed E-state index contributed by atoms with van der Waals surface area (Å²) in [6, 6.07) is 5.43. The lowest BCUT2D eigenvalue weighted by Crippen LogP contribution is -2.31. The molecule has 0 saturated heterocycles. The fraction of sp³-hybridized carbons (Fsp3) is 0.375. The first-order valence-electron chi connectivity index (χ1n) is 7.71. The van der Waals surface area contributed by atoms with E-state index in [4.69, 9.17) is 35.4 Å². The molecule has 5 nitrogen and oxygen atoms in total. The van der Waals surface area contributed by atoms with Gasteiger partial charge in [0.05, 0.1) is 11.0 Å². The van der Waals surface area contributed by atoms with Crippen molar-refractivity contribution in [2.75, 3.05) is 32.5 Å². The van der Waals surface area contributed by atoms with Crippen LogP contribution in [-0.2, 0) is 6.54 Å². The summed E-state index contributed by atoms with van der Waals surface area (Å²) >= 11 is 20.9. The number of halogens is 3. The highest BCUT2D eigenvalue weighted by Crippen LogP contribution is 2.24. The summed E-state index contributed by atoms with van der Waals surface area (Å²) in [7, 11) is 4.10. The van der Waals surface area contributed by atoms with E-state index in [-0.39, 0.29) is 0 Å². The van der Waals surface area contributed by atoms with Crippen molar-refractivity contribution < 1.29 is 0 Å². The Labute approximate surface area is 171 Å². The maximum atomic E-state index is 6.22. The molecule has 0 amide bonds. The number of anilines is 1. The van der Waals surface area contributed by atoms with E-state index in [0.29, 0.717) is 27.5 Å². The largest absolute Gasteiger partial charge is 0.362 e. The lowest BCUT2D eigenvalue weighted by atomic mass is 10.2. The van der Waals surface area contributed by atoms with E-state index < -0.39 is 0 Å². The van der Waals surface area contributed by atoms with Crippen molar-refractivity contribution in [3.05, 3.63) is 44.5 Å². The molecule has 0 radical (unpaired) electrons. The van der Waals surface area contributed by atoms with E-state index in [1.807, 2.05) is 32.4 Å². The van der Waals surface area contributed by atoms with Gasteiger partial charge in [0.15, 0.2) is 10.9 Å². The maximum Gasteiger partial charge on any atom is 0.172 e. The van der Waals surface area contributed by atoms with E-state index in [1.165, 1.54) is 0 Å². The molecule has 1 aromatic carbocycles. The predicted molar refractivity (Wildman–Crippen MR) is 113 cm³/mol. The van der Waals surface area contributed by atoms with Gasteiger partial charge >= 0.3 is 0 Å². The standard InChI is InChI=1S/C16H20BrCl2N5S/c1-23(2)7-3-6-20-16(25)21-15-13(17)10-24(22-15)9-11-4-5-12(18)8-14(11)19/h4-5,8,10H,3,6-7,9H2,1-2H3,(H2,20,21,22,25). The third-order valence-electron chi connectivity index (χ3n) is 3.36. The molecule has 0 unspecified atom stereocenters. The lowest BCUT2D eigenvalue weighted by Gasteiger charge is -2.11. The third-order valence-corrected chi connectivity index (χ3v) is 4.78. The Kier molecular flexibility index (Phi) is 7.96. The molecule has 2 N–H and O–H groups in total. The van der Waals surface area contributed by atoms with Gasteiger partial charge in [0.25, 0.3) is 0 Å². The molecule has 25 heavy (non-hydrogen) atoms. The summed E-state index contributed by atoms with van der Waals surface area (Å²) in [5.41, 5.74) is 0.942. The van der Waals surface area contributed by atoms with Crippen molar-refractivity contribution in [2.24, 2.45) is 0 Å². The molecule has 0 aliphatic carbocycles. The minimum Gasteiger partial charge on any atom is -0.362 e. The van der Waals surface area contributed by atoms with Crippen LogP contribution in [0.1, 0.15) is 12.0 Å². The molecule has 0 aliphatic rings. The SMILES string of the molecule is CN(C)CCCNC(=S)Nc1nn(Cc2ccc(Cl)cc2Cl)cc1Br. The van der Waals surface area contributed by atoms with E-state index >= 15 is 0 Å². The van der Waals surface area contributed by atoms with Gasteiger partial charge < -0.3 is 15.5 Å². The number of nitrogens with zero attached hydrogens (tertiary/aromatic N) is 3. The lowest BCUT2D eigenvalue weighted by molar-refractivity contribution is 0.400. The van der Waals surface area contributed by atoms with Gasteiger partial charge in [-0.05, 0) is 72.9 Å². The van der Waals surface area contributed by atoms with Gasteiger partial charge in [-0.2, -0.15) is 5.10 Å². The van der Waals surface area contributed by atoms with E-state index in [0.717, 1.165) is 29.5 Å². The Morgan fingerprint density at radius 3 is 2.80 bits per heavy atom. The second-order valence-corrected chi connectivity index (χ2v) is 7.90. The third kappa shape index (κ3) is 6.75. The van der Waals surface area contributed by atoms with Crippen LogP contribution in [0.15, 0.2) is 28.9 Å². The molecular weight excluding hydrogens is 445 g/mol. The zero-order valence-electron chi connectivity index (χ0n) is 14.0. The van der Waals surface area contributed by atoms with Gasteiger partial charge in [-0.25, -0.2) is 0 Å². The van der Waals surface area contributed by atoms with Gasteiger partial charge in [0.2, 0.25) is 0 Å². The topological polar surface area (TPSA) is 45.1 Å². The number of hydrogen-bond donors (Lipinski definition) is 2. The second kappa shape index (κ2) is 9.73. The predicted octanol–water partition coefficient (Wildman–Crippen LogP) is 4.24. The number of rotatable bonds is 7. The van der Waals surface area contributed by atoms with Crippen molar-refractivity contribution in [3.8, 4) is 0 Å². The van der Waals surface area contributed by atoms with Crippen molar-refractivity contribution in [3.63, 3.8) is 0 Å². The Bertz CT molecular complexity index is 735. The maximum absolute atomic E-state index is 6.22. The molecule has 0 bridgehead atoms. The van der Waals surface area contributed by atoms with Crippen LogP contribution in [0.25, 0.3) is 0 Å². The van der Waals surface area contributed by atoms with Crippen LogP contribution >= 0.6 is 51.3 Å². The Morgan fingerprint density at radius 1 is 1.36 bits per heavy atom. The van der Waals surface area contributed by atoms with Gasteiger partial charge in [-0.1, -0.05) is 29.3 Å². The van der Waals surface area contributed by atoms with Crippen LogP contribution < -0.4 is 10.6 Å². The fourth-order valence-electron chi connectivity index (χ4n) is 2.14. The number of aromatic nitrogens is 2. The first-order valence-corrected chi connectivity index (χ1v) is 9.67. The molecule has 0 aliphatic heterocycles. The second-order valence-electron chi connectivity index (χ2n) is 5.80. The molecular formula is C16H20BrCl2N5S. The summed E-state index contributed by atoms with van der Waals surface area (Å²) < 4.78 is 2.62. The minimum atomic E-state index is 0.541. The van der Waals surface area contributed by atoms with Crippen LogP contribution in [-0.4, -0.2) is 47.0 Å². The molecule has 2 aromatic rings. The van der Waals surface area contributed by atoms with Crippen molar-refractivity contribution in [1.29, 1.82) is 0 Å². The summed E-state index contributed by atoms with van der Waals surface area (Å²) in [6.45, 7) is 2.36.